The maximum Gasteiger partial charge on any atom is 0.342 e. The second-order valence-electron chi connectivity index (χ2n) is 5.41. The number of nitro groups is 1. The molecule has 1 N–H and O–H groups in total. The molecule has 1 fully saturated rings. The van der Waals surface area contributed by atoms with Crippen LogP contribution in [0, 0.1) is 10.1 Å². The number of carbonyl (C=O) groups is 1. The minimum Gasteiger partial charge on any atom is -0.477 e. The minimum absolute atomic E-state index is 0.277. The Labute approximate surface area is 122 Å². The molecule has 21 heavy (non-hydrogen) atoms. The van der Waals surface area contributed by atoms with Gasteiger partial charge in [0.25, 0.3) is 5.69 Å². The number of carboxylic acid groups (broad SMARTS) is 1. The van der Waals surface area contributed by atoms with Crippen LogP contribution >= 0.6 is 0 Å². The van der Waals surface area contributed by atoms with Gasteiger partial charge in [-0.1, -0.05) is 0 Å². The maximum atomic E-state index is 11.0. The van der Waals surface area contributed by atoms with Crippen molar-refractivity contribution in [3.63, 3.8) is 0 Å². The summed E-state index contributed by atoms with van der Waals surface area (Å²) >= 11 is 0. The van der Waals surface area contributed by atoms with Gasteiger partial charge in [0.15, 0.2) is 0 Å². The van der Waals surface area contributed by atoms with Crippen molar-refractivity contribution < 1.29 is 14.8 Å². The maximum absolute atomic E-state index is 11.0. The summed E-state index contributed by atoms with van der Waals surface area (Å²) in [6.45, 7) is 1.98. The number of nitro benzene ring substituents is 1. The zero-order valence-corrected chi connectivity index (χ0v) is 12.2. The van der Waals surface area contributed by atoms with Gasteiger partial charge in [-0.25, -0.2) is 4.79 Å². The second kappa shape index (κ2) is 6.09. The second-order valence-corrected chi connectivity index (χ2v) is 5.41. The molecule has 1 aromatic rings. The van der Waals surface area contributed by atoms with Crippen LogP contribution in [0.2, 0.25) is 0 Å². The molecular weight excluding hydrogens is 274 g/mol. The number of hydrogen-bond donors (Lipinski definition) is 1. The van der Waals surface area contributed by atoms with E-state index in [-0.39, 0.29) is 11.3 Å². The van der Waals surface area contributed by atoms with Crippen molar-refractivity contribution in [2.24, 2.45) is 0 Å². The van der Waals surface area contributed by atoms with Gasteiger partial charge in [-0.2, -0.15) is 0 Å². The van der Waals surface area contributed by atoms with Crippen LogP contribution in [0.5, 0.6) is 0 Å². The topological polar surface area (TPSA) is 86.9 Å². The van der Waals surface area contributed by atoms with Gasteiger partial charge in [-0.3, -0.25) is 10.1 Å². The molecule has 0 spiro atoms. The fourth-order valence-corrected chi connectivity index (χ4v) is 2.66. The molecule has 114 valence electrons. The van der Waals surface area contributed by atoms with E-state index < -0.39 is 10.9 Å². The summed E-state index contributed by atoms with van der Waals surface area (Å²) in [6.07, 6.45) is 1.98. The monoisotopic (exact) mass is 293 g/mol. The van der Waals surface area contributed by atoms with Crippen molar-refractivity contribution >= 4 is 17.3 Å². The molecule has 0 unspecified atom stereocenters. The lowest BCUT2D eigenvalue weighted by atomic mass is 10.0. The van der Waals surface area contributed by atoms with E-state index in [0.717, 1.165) is 25.9 Å². The highest BCUT2D eigenvalue weighted by molar-refractivity contribution is 5.93. The van der Waals surface area contributed by atoms with Gasteiger partial charge in [0.05, 0.1) is 4.92 Å². The van der Waals surface area contributed by atoms with Crippen molar-refractivity contribution in [3.05, 3.63) is 33.9 Å². The third-order valence-electron chi connectivity index (χ3n) is 4.05. The van der Waals surface area contributed by atoms with Gasteiger partial charge >= 0.3 is 5.97 Å². The summed E-state index contributed by atoms with van der Waals surface area (Å²) in [7, 11) is 3.97. The largest absolute Gasteiger partial charge is 0.477 e. The zero-order valence-electron chi connectivity index (χ0n) is 12.2. The van der Waals surface area contributed by atoms with E-state index in [9.17, 15) is 14.9 Å². The van der Waals surface area contributed by atoms with Crippen molar-refractivity contribution in [2.75, 3.05) is 32.1 Å². The van der Waals surface area contributed by atoms with Gasteiger partial charge in [0.1, 0.15) is 5.56 Å². The predicted octanol–water partition coefficient (Wildman–Crippen LogP) is 1.82. The lowest BCUT2D eigenvalue weighted by molar-refractivity contribution is -0.385. The van der Waals surface area contributed by atoms with E-state index in [0.29, 0.717) is 11.7 Å². The van der Waals surface area contributed by atoms with E-state index in [1.54, 1.807) is 6.07 Å². The molecule has 0 atom stereocenters. The normalized spacial score (nSPS) is 16.7. The van der Waals surface area contributed by atoms with Crippen LogP contribution in [0.4, 0.5) is 11.4 Å². The Bertz CT molecular complexity index is 553. The highest BCUT2D eigenvalue weighted by atomic mass is 16.6. The van der Waals surface area contributed by atoms with Crippen molar-refractivity contribution in [1.29, 1.82) is 0 Å². The molecule has 2 rings (SSSR count). The number of hydrogen-bond acceptors (Lipinski definition) is 5. The number of anilines is 1. The van der Waals surface area contributed by atoms with Gasteiger partial charge in [-0.05, 0) is 45.1 Å². The Hall–Kier alpha value is -2.15. The van der Waals surface area contributed by atoms with Gasteiger partial charge in [0.2, 0.25) is 0 Å². The van der Waals surface area contributed by atoms with Gasteiger partial charge in [-0.15, -0.1) is 0 Å². The molecule has 7 nitrogen and oxygen atoms in total. The first-order valence-electron chi connectivity index (χ1n) is 6.83. The molecule has 0 amide bonds. The molecule has 0 bridgehead atoms. The zero-order chi connectivity index (χ0) is 15.6. The molecule has 0 saturated carbocycles. The number of nitrogens with zero attached hydrogens (tertiary/aromatic N) is 3. The summed E-state index contributed by atoms with van der Waals surface area (Å²) < 4.78 is 0. The highest BCUT2D eigenvalue weighted by Crippen LogP contribution is 2.28. The summed E-state index contributed by atoms with van der Waals surface area (Å²) in [5, 5.41) is 20.0. The smallest absolute Gasteiger partial charge is 0.342 e. The SMILES string of the molecule is CN1CCC(N(C)c2ccc(C(=O)O)c([N+](=O)[O-])c2)CC1. The van der Waals surface area contributed by atoms with Crippen LogP contribution in [-0.4, -0.2) is 54.1 Å². The molecule has 0 radical (unpaired) electrons. The molecule has 0 aliphatic carbocycles. The van der Waals surface area contributed by atoms with Crippen LogP contribution in [0.1, 0.15) is 23.2 Å². The minimum atomic E-state index is -1.28. The number of carboxylic acids is 1. The first kappa shape index (κ1) is 15.2. The van der Waals surface area contributed by atoms with Gasteiger partial charge in [0, 0.05) is 24.8 Å². The highest BCUT2D eigenvalue weighted by Gasteiger charge is 2.25. The quantitative estimate of drug-likeness (QED) is 0.673. The molecule has 7 heteroatoms. The first-order valence-corrected chi connectivity index (χ1v) is 6.83. The lowest BCUT2D eigenvalue weighted by Gasteiger charge is -2.36. The van der Waals surface area contributed by atoms with Crippen molar-refractivity contribution in [1.82, 2.24) is 4.90 Å². The Morgan fingerprint density at radius 1 is 1.43 bits per heavy atom. The Morgan fingerprint density at radius 3 is 2.57 bits per heavy atom. The fourth-order valence-electron chi connectivity index (χ4n) is 2.66. The van der Waals surface area contributed by atoms with Crippen LogP contribution in [0.25, 0.3) is 0 Å². The average molecular weight is 293 g/mol. The Morgan fingerprint density at radius 2 is 2.05 bits per heavy atom. The molecular formula is C14H19N3O4. The van der Waals surface area contributed by atoms with E-state index in [1.807, 2.05) is 11.9 Å². The molecule has 1 aromatic carbocycles. The summed E-state index contributed by atoms with van der Waals surface area (Å²) in [4.78, 5) is 25.7. The number of likely N-dealkylation sites (tertiary alicyclic amines) is 1. The summed E-state index contributed by atoms with van der Waals surface area (Å²) in [5.74, 6) is -1.28. The van der Waals surface area contributed by atoms with Crippen molar-refractivity contribution in [2.45, 2.75) is 18.9 Å². The van der Waals surface area contributed by atoms with Crippen LogP contribution in [-0.2, 0) is 0 Å². The summed E-state index contributed by atoms with van der Waals surface area (Å²) in [5.41, 5.74) is 0.0431. The lowest BCUT2D eigenvalue weighted by Crippen LogP contribution is -2.42. The van der Waals surface area contributed by atoms with Crippen molar-refractivity contribution in [3.8, 4) is 0 Å². The third-order valence-corrected chi connectivity index (χ3v) is 4.05. The van der Waals surface area contributed by atoms with E-state index in [2.05, 4.69) is 11.9 Å². The number of piperidine rings is 1. The molecule has 1 heterocycles. The average Bonchev–Trinajstić information content (AvgIpc) is 2.46. The predicted molar refractivity (Wildman–Crippen MR) is 79.0 cm³/mol. The summed E-state index contributed by atoms with van der Waals surface area (Å²) in [6, 6.07) is 4.61. The Kier molecular flexibility index (Phi) is 4.42. The molecule has 1 aliphatic rings. The molecule has 1 saturated heterocycles. The molecule has 0 aromatic heterocycles. The van der Waals surface area contributed by atoms with Crippen LogP contribution < -0.4 is 4.90 Å². The number of benzene rings is 1. The standard InChI is InChI=1S/C14H19N3O4/c1-15-7-5-10(6-8-15)16(2)11-3-4-12(14(18)19)13(9-11)17(20)21/h3-4,9-10H,5-8H2,1-2H3,(H,18,19). The number of aromatic carboxylic acids is 1. The van der Waals surface area contributed by atoms with E-state index >= 15 is 0 Å². The van der Waals surface area contributed by atoms with E-state index in [4.69, 9.17) is 5.11 Å². The van der Waals surface area contributed by atoms with Crippen LogP contribution in [0.15, 0.2) is 18.2 Å². The first-order chi connectivity index (χ1) is 9.90. The molecule has 1 aliphatic heterocycles. The van der Waals surface area contributed by atoms with Crippen LogP contribution in [0.3, 0.4) is 0 Å². The number of rotatable bonds is 4. The third kappa shape index (κ3) is 3.30. The van der Waals surface area contributed by atoms with Gasteiger partial charge < -0.3 is 14.9 Å². The Balaban J connectivity index is 2.25. The fraction of sp³-hybridized carbons (Fsp3) is 0.500. The van der Waals surface area contributed by atoms with E-state index in [1.165, 1.54) is 12.1 Å².